The predicted molar refractivity (Wildman–Crippen MR) is 87.5 cm³/mol. The lowest BCUT2D eigenvalue weighted by molar-refractivity contribution is -0.116. The third-order valence-corrected chi connectivity index (χ3v) is 4.87. The van der Waals surface area contributed by atoms with Gasteiger partial charge in [0, 0.05) is 23.3 Å². The van der Waals surface area contributed by atoms with E-state index in [4.69, 9.17) is 0 Å². The minimum atomic E-state index is -0.145. The first-order valence-electron chi connectivity index (χ1n) is 7.50. The summed E-state index contributed by atoms with van der Waals surface area (Å²) in [6.45, 7) is 1.98. The molecule has 1 aromatic carbocycles. The van der Waals surface area contributed by atoms with E-state index >= 15 is 0 Å². The minimum absolute atomic E-state index is 0.00298. The van der Waals surface area contributed by atoms with E-state index in [1.807, 2.05) is 19.1 Å². The van der Waals surface area contributed by atoms with Crippen molar-refractivity contribution in [3.63, 3.8) is 0 Å². The molecule has 1 amide bonds. The summed E-state index contributed by atoms with van der Waals surface area (Å²) in [4.78, 5) is 29.7. The monoisotopic (exact) mass is 314 g/mol. The fourth-order valence-corrected chi connectivity index (χ4v) is 3.60. The van der Waals surface area contributed by atoms with Crippen molar-refractivity contribution >= 4 is 28.2 Å². The van der Waals surface area contributed by atoms with Gasteiger partial charge in [0.1, 0.15) is 0 Å². The van der Waals surface area contributed by atoms with Gasteiger partial charge in [-0.15, -0.1) is 11.3 Å². The molecule has 0 radical (unpaired) electrons. The quantitative estimate of drug-likeness (QED) is 0.859. The molecule has 114 valence electrons. The molecule has 4 nitrogen and oxygen atoms in total. The average Bonchev–Trinajstić information content (AvgIpc) is 3.06. The Labute approximate surface area is 133 Å². The Hall–Kier alpha value is -2.01. The van der Waals surface area contributed by atoms with E-state index < -0.39 is 0 Å². The van der Waals surface area contributed by atoms with Gasteiger partial charge < -0.3 is 5.32 Å². The van der Waals surface area contributed by atoms with Crippen LogP contribution in [0.2, 0.25) is 0 Å². The first-order chi connectivity index (χ1) is 10.6. The highest BCUT2D eigenvalue weighted by Gasteiger charge is 2.18. The van der Waals surface area contributed by atoms with E-state index in [2.05, 4.69) is 10.3 Å². The Kier molecular flexibility index (Phi) is 4.34. The van der Waals surface area contributed by atoms with Crippen LogP contribution in [-0.4, -0.2) is 16.7 Å². The number of ketones is 1. The van der Waals surface area contributed by atoms with Gasteiger partial charge in [0.25, 0.3) is 0 Å². The Bertz CT molecular complexity index is 682. The molecule has 22 heavy (non-hydrogen) atoms. The third-order valence-electron chi connectivity index (χ3n) is 3.79. The van der Waals surface area contributed by atoms with Crippen molar-refractivity contribution in [3.05, 3.63) is 46.0 Å². The zero-order valence-electron chi connectivity index (χ0n) is 12.5. The van der Waals surface area contributed by atoms with Crippen molar-refractivity contribution in [2.45, 2.75) is 39.0 Å². The lowest BCUT2D eigenvalue weighted by atomic mass is 10.1. The normalized spacial score (nSPS) is 13.0. The molecule has 0 saturated heterocycles. The number of amides is 1. The van der Waals surface area contributed by atoms with Crippen molar-refractivity contribution in [1.82, 2.24) is 4.98 Å². The second kappa shape index (κ2) is 6.40. The van der Waals surface area contributed by atoms with Gasteiger partial charge in [-0.2, -0.15) is 0 Å². The number of anilines is 1. The van der Waals surface area contributed by atoms with Gasteiger partial charge in [-0.1, -0.05) is 29.8 Å². The van der Waals surface area contributed by atoms with Crippen molar-refractivity contribution in [2.24, 2.45) is 0 Å². The highest BCUT2D eigenvalue weighted by Crippen LogP contribution is 2.30. The maximum absolute atomic E-state index is 12.0. The summed E-state index contributed by atoms with van der Waals surface area (Å²) in [5.41, 5.74) is 2.90. The Balaban J connectivity index is 1.51. The average molecular weight is 314 g/mol. The van der Waals surface area contributed by atoms with Crippen LogP contribution in [0.4, 0.5) is 5.13 Å². The van der Waals surface area contributed by atoms with Crippen molar-refractivity contribution < 1.29 is 9.59 Å². The molecule has 5 heteroatoms. The molecule has 1 N–H and O–H groups in total. The fraction of sp³-hybridized carbons (Fsp3) is 0.353. The summed E-state index contributed by atoms with van der Waals surface area (Å²) in [6.07, 6.45) is 3.65. The molecular weight excluding hydrogens is 296 g/mol. The summed E-state index contributed by atoms with van der Waals surface area (Å²) >= 11 is 1.55. The van der Waals surface area contributed by atoms with Crippen LogP contribution >= 0.6 is 11.3 Å². The summed E-state index contributed by atoms with van der Waals surface area (Å²) in [5.74, 6) is -0.148. The van der Waals surface area contributed by atoms with Crippen LogP contribution in [0.3, 0.4) is 0 Å². The van der Waals surface area contributed by atoms with E-state index in [0.29, 0.717) is 10.7 Å². The number of Topliss-reactive ketones (excluding diaryl/α,β-unsaturated/α-hetero) is 1. The predicted octanol–water partition coefficient (Wildman–Crippen LogP) is 3.54. The van der Waals surface area contributed by atoms with Crippen LogP contribution in [0.5, 0.6) is 0 Å². The second-order valence-corrected chi connectivity index (χ2v) is 6.66. The number of hydrogen-bond acceptors (Lipinski definition) is 4. The maximum atomic E-state index is 12.0. The van der Waals surface area contributed by atoms with Crippen LogP contribution in [-0.2, 0) is 17.6 Å². The molecule has 1 heterocycles. The van der Waals surface area contributed by atoms with Crippen molar-refractivity contribution in [1.29, 1.82) is 0 Å². The van der Waals surface area contributed by atoms with Gasteiger partial charge >= 0.3 is 0 Å². The SMILES string of the molecule is Cc1ccc(C(=O)CCC(=O)Nc2nc3c(s2)CCC3)cc1. The molecule has 1 aliphatic carbocycles. The molecule has 0 fully saturated rings. The number of fused-ring (bicyclic) bond motifs is 1. The Morgan fingerprint density at radius 3 is 2.68 bits per heavy atom. The molecule has 0 unspecified atom stereocenters. The van der Waals surface area contributed by atoms with Crippen molar-refractivity contribution in [2.75, 3.05) is 5.32 Å². The van der Waals surface area contributed by atoms with Gasteiger partial charge in [-0.05, 0) is 26.2 Å². The standard InChI is InChI=1S/C17H18N2O2S/c1-11-5-7-12(8-6-11)14(20)9-10-16(21)19-17-18-13-3-2-4-15(13)22-17/h5-8H,2-4,9-10H2,1H3,(H,18,19,21). The molecular formula is C17H18N2O2S. The topological polar surface area (TPSA) is 59.1 Å². The highest BCUT2D eigenvalue weighted by molar-refractivity contribution is 7.15. The van der Waals surface area contributed by atoms with Gasteiger partial charge in [-0.3, -0.25) is 9.59 Å². The fourth-order valence-electron chi connectivity index (χ4n) is 2.54. The van der Waals surface area contributed by atoms with Crippen LogP contribution in [0.1, 0.15) is 45.8 Å². The lowest BCUT2D eigenvalue weighted by Crippen LogP contribution is -2.13. The first-order valence-corrected chi connectivity index (χ1v) is 8.32. The lowest BCUT2D eigenvalue weighted by Gasteiger charge is -2.03. The van der Waals surface area contributed by atoms with Crippen LogP contribution < -0.4 is 5.32 Å². The van der Waals surface area contributed by atoms with E-state index in [1.165, 1.54) is 4.88 Å². The summed E-state index contributed by atoms with van der Waals surface area (Å²) in [7, 11) is 0. The van der Waals surface area contributed by atoms with Crippen molar-refractivity contribution in [3.8, 4) is 0 Å². The zero-order chi connectivity index (χ0) is 15.5. The zero-order valence-corrected chi connectivity index (χ0v) is 13.3. The summed E-state index contributed by atoms with van der Waals surface area (Å²) < 4.78 is 0. The second-order valence-electron chi connectivity index (χ2n) is 5.58. The van der Waals surface area contributed by atoms with Gasteiger partial charge in [0.15, 0.2) is 10.9 Å². The largest absolute Gasteiger partial charge is 0.302 e. The first kappa shape index (κ1) is 14.9. The molecule has 0 atom stereocenters. The van der Waals surface area contributed by atoms with E-state index in [9.17, 15) is 9.59 Å². The Morgan fingerprint density at radius 2 is 1.95 bits per heavy atom. The summed E-state index contributed by atoms with van der Waals surface area (Å²) in [5, 5.41) is 3.47. The van der Waals surface area contributed by atoms with Crippen LogP contribution in [0.25, 0.3) is 0 Å². The number of hydrogen-bond donors (Lipinski definition) is 1. The summed E-state index contributed by atoms with van der Waals surface area (Å²) in [6, 6.07) is 7.43. The van der Waals surface area contributed by atoms with E-state index in [-0.39, 0.29) is 24.5 Å². The minimum Gasteiger partial charge on any atom is -0.302 e. The molecule has 0 saturated carbocycles. The van der Waals surface area contributed by atoms with Crippen LogP contribution in [0, 0.1) is 6.92 Å². The maximum Gasteiger partial charge on any atom is 0.226 e. The molecule has 1 aliphatic rings. The number of carbonyl (C=O) groups is 2. The number of nitrogens with zero attached hydrogens (tertiary/aromatic N) is 1. The number of benzene rings is 1. The Morgan fingerprint density at radius 1 is 1.18 bits per heavy atom. The highest BCUT2D eigenvalue weighted by atomic mass is 32.1. The van der Waals surface area contributed by atoms with Gasteiger partial charge in [0.2, 0.25) is 5.91 Å². The number of thiazole rings is 1. The number of carbonyl (C=O) groups excluding carboxylic acids is 2. The molecule has 1 aromatic heterocycles. The van der Waals surface area contributed by atoms with Crippen LogP contribution in [0.15, 0.2) is 24.3 Å². The third kappa shape index (κ3) is 3.42. The van der Waals surface area contributed by atoms with Gasteiger partial charge in [0.05, 0.1) is 5.69 Å². The number of aromatic nitrogens is 1. The van der Waals surface area contributed by atoms with E-state index in [1.54, 1.807) is 23.5 Å². The van der Waals surface area contributed by atoms with Gasteiger partial charge in [-0.25, -0.2) is 4.98 Å². The number of nitrogens with one attached hydrogen (secondary N) is 1. The van der Waals surface area contributed by atoms with E-state index in [0.717, 1.165) is 30.5 Å². The molecule has 0 bridgehead atoms. The molecule has 3 rings (SSSR count). The molecule has 2 aromatic rings. The smallest absolute Gasteiger partial charge is 0.226 e. The number of aryl methyl sites for hydroxylation is 3. The molecule has 0 spiro atoms. The molecule has 0 aliphatic heterocycles. The number of rotatable bonds is 5.